The molecule has 0 fully saturated rings. The molecule has 4 nitrogen and oxygen atoms in total. The van der Waals surface area contributed by atoms with Crippen LogP contribution in [-0.2, 0) is 11.3 Å². The molecule has 0 unspecified atom stereocenters. The number of fused-ring (bicyclic) bond motifs is 1. The summed E-state index contributed by atoms with van der Waals surface area (Å²) in [5.41, 5.74) is 4.52. The van der Waals surface area contributed by atoms with Gasteiger partial charge >= 0.3 is 0 Å². The number of nitrogens with two attached hydrogens (primary N) is 1. The number of pyridine rings is 1. The maximum Gasteiger partial charge on any atom is 0.140 e. The molecule has 0 spiro atoms. The molecule has 0 saturated heterocycles. The van der Waals surface area contributed by atoms with Gasteiger partial charge in [0.25, 0.3) is 0 Å². The molecule has 0 saturated carbocycles. The summed E-state index contributed by atoms with van der Waals surface area (Å²) in [5, 5.41) is 1.09. The number of nitrogen functional groups attached to an aromatic ring is 1. The third-order valence-corrected chi connectivity index (χ3v) is 2.25. The third kappa shape index (κ3) is 1.91. The van der Waals surface area contributed by atoms with Crippen LogP contribution >= 0.6 is 0 Å². The lowest BCUT2D eigenvalue weighted by molar-refractivity contribution is 0.186. The minimum absolute atomic E-state index is 0.554. The Balaban J connectivity index is 2.59. The van der Waals surface area contributed by atoms with Crippen molar-refractivity contribution in [2.75, 3.05) is 12.5 Å². The number of anilines is 1. The molecule has 78 valence electrons. The summed E-state index contributed by atoms with van der Waals surface area (Å²) in [6.45, 7) is 0.554. The van der Waals surface area contributed by atoms with E-state index < -0.39 is 0 Å². The molecule has 0 atom stereocenters. The second-order valence-corrected chi connectivity index (χ2v) is 3.26. The summed E-state index contributed by atoms with van der Waals surface area (Å²) < 4.78 is 5.12. The average molecular weight is 203 g/mol. The third-order valence-electron chi connectivity index (χ3n) is 2.25. The maximum absolute atomic E-state index is 5.32. The first-order valence-electron chi connectivity index (χ1n) is 4.69. The van der Waals surface area contributed by atoms with Gasteiger partial charge in [0.2, 0.25) is 0 Å². The summed E-state index contributed by atoms with van der Waals surface area (Å²) in [7, 11) is 1.67. The largest absolute Gasteiger partial charge is 0.380 e. The molecular formula is C11H13N3O. The van der Waals surface area contributed by atoms with Gasteiger partial charge in [0, 0.05) is 18.1 Å². The minimum Gasteiger partial charge on any atom is -0.380 e. The van der Waals surface area contributed by atoms with Gasteiger partial charge in [-0.1, -0.05) is 18.2 Å². The van der Waals surface area contributed by atoms with Crippen molar-refractivity contribution in [2.45, 2.75) is 6.61 Å². The van der Waals surface area contributed by atoms with Gasteiger partial charge in [-0.25, -0.2) is 10.8 Å². The van der Waals surface area contributed by atoms with Gasteiger partial charge in [-0.2, -0.15) is 0 Å². The Morgan fingerprint density at radius 3 is 2.93 bits per heavy atom. The molecule has 1 aromatic heterocycles. The number of hydrogen-bond acceptors (Lipinski definition) is 4. The van der Waals surface area contributed by atoms with E-state index in [4.69, 9.17) is 10.6 Å². The average Bonchev–Trinajstić information content (AvgIpc) is 2.29. The zero-order valence-corrected chi connectivity index (χ0v) is 8.53. The second kappa shape index (κ2) is 4.25. The Morgan fingerprint density at radius 1 is 1.33 bits per heavy atom. The van der Waals surface area contributed by atoms with Gasteiger partial charge in [0.1, 0.15) is 5.82 Å². The Bertz CT molecular complexity index is 470. The molecule has 0 aliphatic carbocycles. The monoisotopic (exact) mass is 203 g/mol. The zero-order valence-electron chi connectivity index (χ0n) is 8.53. The minimum atomic E-state index is 0.554. The van der Waals surface area contributed by atoms with E-state index in [9.17, 15) is 0 Å². The summed E-state index contributed by atoms with van der Waals surface area (Å²) in [4.78, 5) is 4.40. The lowest BCUT2D eigenvalue weighted by Gasteiger charge is -2.06. The fourth-order valence-electron chi connectivity index (χ4n) is 1.56. The standard InChI is InChI=1S/C11H13N3O/c1-15-7-9-4-2-3-8-5-6-10(14-12)13-11(8)9/h2-6H,7,12H2,1H3,(H,13,14). The smallest absolute Gasteiger partial charge is 0.140 e. The van der Waals surface area contributed by atoms with E-state index in [-0.39, 0.29) is 0 Å². The van der Waals surface area contributed by atoms with Crippen molar-refractivity contribution >= 4 is 16.7 Å². The van der Waals surface area contributed by atoms with Crippen LogP contribution in [0.4, 0.5) is 5.82 Å². The molecule has 15 heavy (non-hydrogen) atoms. The van der Waals surface area contributed by atoms with Gasteiger partial charge in [-0.05, 0) is 12.1 Å². The van der Waals surface area contributed by atoms with Crippen LogP contribution in [0.25, 0.3) is 10.9 Å². The van der Waals surface area contributed by atoms with Gasteiger partial charge in [0.05, 0.1) is 12.1 Å². The molecular weight excluding hydrogens is 190 g/mol. The molecule has 1 heterocycles. The van der Waals surface area contributed by atoms with Crippen LogP contribution in [0.1, 0.15) is 5.56 Å². The highest BCUT2D eigenvalue weighted by Gasteiger charge is 2.02. The molecule has 0 bridgehead atoms. The number of aromatic nitrogens is 1. The zero-order chi connectivity index (χ0) is 10.7. The number of nitrogens with one attached hydrogen (secondary N) is 1. The second-order valence-electron chi connectivity index (χ2n) is 3.26. The highest BCUT2D eigenvalue weighted by molar-refractivity contribution is 5.83. The number of para-hydroxylation sites is 1. The van der Waals surface area contributed by atoms with Gasteiger partial charge in [0.15, 0.2) is 0 Å². The van der Waals surface area contributed by atoms with Crippen molar-refractivity contribution < 1.29 is 4.74 Å². The van der Waals surface area contributed by atoms with Crippen LogP contribution in [0.15, 0.2) is 30.3 Å². The van der Waals surface area contributed by atoms with Crippen molar-refractivity contribution in [2.24, 2.45) is 5.84 Å². The molecule has 0 radical (unpaired) electrons. The number of benzene rings is 1. The maximum atomic E-state index is 5.32. The van der Waals surface area contributed by atoms with Crippen LogP contribution in [0, 0.1) is 0 Å². The Kier molecular flexibility index (Phi) is 2.80. The van der Waals surface area contributed by atoms with E-state index in [1.165, 1.54) is 0 Å². The van der Waals surface area contributed by atoms with Crippen molar-refractivity contribution in [3.8, 4) is 0 Å². The summed E-state index contributed by atoms with van der Waals surface area (Å²) in [5.74, 6) is 5.98. The molecule has 0 amide bonds. The number of ether oxygens (including phenoxy) is 1. The molecule has 1 aromatic carbocycles. The van der Waals surface area contributed by atoms with E-state index in [0.717, 1.165) is 16.5 Å². The van der Waals surface area contributed by atoms with Crippen molar-refractivity contribution in [1.82, 2.24) is 4.98 Å². The number of rotatable bonds is 3. The van der Waals surface area contributed by atoms with Crippen molar-refractivity contribution in [3.05, 3.63) is 35.9 Å². The van der Waals surface area contributed by atoms with Crippen molar-refractivity contribution in [1.29, 1.82) is 0 Å². The number of nitrogens with zero attached hydrogens (tertiary/aromatic N) is 1. The van der Waals surface area contributed by atoms with E-state index in [2.05, 4.69) is 10.4 Å². The SMILES string of the molecule is COCc1cccc2ccc(NN)nc12. The number of methoxy groups -OCH3 is 1. The molecule has 0 aliphatic rings. The lowest BCUT2D eigenvalue weighted by atomic mass is 10.1. The van der Waals surface area contributed by atoms with E-state index in [0.29, 0.717) is 12.4 Å². The number of hydrogen-bond donors (Lipinski definition) is 2. The lowest BCUT2D eigenvalue weighted by Crippen LogP contribution is -2.08. The first kappa shape index (κ1) is 9.89. The quantitative estimate of drug-likeness (QED) is 0.588. The topological polar surface area (TPSA) is 60.2 Å². The molecule has 4 heteroatoms. The first-order chi connectivity index (χ1) is 7.35. The van der Waals surface area contributed by atoms with Crippen LogP contribution in [-0.4, -0.2) is 12.1 Å². The Morgan fingerprint density at radius 2 is 2.20 bits per heavy atom. The van der Waals surface area contributed by atoms with Gasteiger partial charge in [-0.15, -0.1) is 0 Å². The highest BCUT2D eigenvalue weighted by atomic mass is 16.5. The van der Waals surface area contributed by atoms with Crippen LogP contribution in [0.5, 0.6) is 0 Å². The van der Waals surface area contributed by atoms with E-state index >= 15 is 0 Å². The molecule has 3 N–H and O–H groups in total. The van der Waals surface area contributed by atoms with E-state index in [1.54, 1.807) is 7.11 Å². The summed E-state index contributed by atoms with van der Waals surface area (Å²) in [6.07, 6.45) is 0. The predicted molar refractivity (Wildman–Crippen MR) is 60.3 cm³/mol. The van der Waals surface area contributed by atoms with Crippen LogP contribution < -0.4 is 11.3 Å². The van der Waals surface area contributed by atoms with Crippen LogP contribution in [0.3, 0.4) is 0 Å². The molecule has 2 rings (SSSR count). The Labute approximate surface area is 88.0 Å². The normalized spacial score (nSPS) is 10.5. The van der Waals surface area contributed by atoms with E-state index in [1.807, 2.05) is 30.3 Å². The number of hydrazine groups is 1. The first-order valence-corrected chi connectivity index (χ1v) is 4.69. The Hall–Kier alpha value is -1.65. The summed E-state index contributed by atoms with van der Waals surface area (Å²) in [6, 6.07) is 9.84. The predicted octanol–water partition coefficient (Wildman–Crippen LogP) is 1.67. The summed E-state index contributed by atoms with van der Waals surface area (Å²) >= 11 is 0. The molecule has 2 aromatic rings. The van der Waals surface area contributed by atoms with Crippen LogP contribution in [0.2, 0.25) is 0 Å². The molecule has 0 aliphatic heterocycles. The fourth-order valence-corrected chi connectivity index (χ4v) is 1.56. The van der Waals surface area contributed by atoms with Crippen molar-refractivity contribution in [3.63, 3.8) is 0 Å². The van der Waals surface area contributed by atoms with Gasteiger partial charge in [-0.3, -0.25) is 0 Å². The van der Waals surface area contributed by atoms with Gasteiger partial charge < -0.3 is 10.2 Å². The highest BCUT2D eigenvalue weighted by Crippen LogP contribution is 2.19. The fraction of sp³-hybridized carbons (Fsp3) is 0.182.